The van der Waals surface area contributed by atoms with Gasteiger partial charge in [-0.1, -0.05) is 37.6 Å². The number of hydrogen-bond donors (Lipinski definition) is 1. The Bertz CT molecular complexity index is 443. The standard InChI is InChI=1S/C17H25ClN2/c1-12(2)17(13-3-5-15(18)6-4-13)19-16-8-10-20-9-7-14(16)11-20/h3-6,12,14,16-17,19H,7-11H2,1-2H3. The lowest BCUT2D eigenvalue weighted by Crippen LogP contribution is -2.46. The van der Waals surface area contributed by atoms with E-state index in [9.17, 15) is 0 Å². The molecule has 2 nitrogen and oxygen atoms in total. The van der Waals surface area contributed by atoms with Crippen molar-refractivity contribution in [2.45, 2.75) is 38.8 Å². The number of nitrogens with one attached hydrogen (secondary N) is 1. The SMILES string of the molecule is CC(C)C(NC1CCN2CCC1C2)c1ccc(Cl)cc1. The molecule has 0 radical (unpaired) electrons. The fourth-order valence-corrected chi connectivity index (χ4v) is 3.87. The first-order valence-corrected chi connectivity index (χ1v) is 8.25. The Morgan fingerprint density at radius 3 is 2.55 bits per heavy atom. The van der Waals surface area contributed by atoms with Crippen LogP contribution in [0.15, 0.2) is 24.3 Å². The average Bonchev–Trinajstić information content (AvgIpc) is 2.82. The third-order valence-corrected chi connectivity index (χ3v) is 5.18. The molecule has 110 valence electrons. The monoisotopic (exact) mass is 292 g/mol. The summed E-state index contributed by atoms with van der Waals surface area (Å²) in [5, 5.41) is 4.77. The van der Waals surface area contributed by atoms with Crippen LogP contribution in [0.25, 0.3) is 0 Å². The van der Waals surface area contributed by atoms with E-state index in [4.69, 9.17) is 11.6 Å². The highest BCUT2D eigenvalue weighted by atomic mass is 35.5. The van der Waals surface area contributed by atoms with Crippen molar-refractivity contribution in [1.29, 1.82) is 0 Å². The molecule has 0 spiro atoms. The maximum atomic E-state index is 6.01. The van der Waals surface area contributed by atoms with Gasteiger partial charge in [0.05, 0.1) is 0 Å². The number of fused-ring (bicyclic) bond motifs is 2. The zero-order valence-electron chi connectivity index (χ0n) is 12.5. The van der Waals surface area contributed by atoms with Crippen LogP contribution in [0.3, 0.4) is 0 Å². The molecular weight excluding hydrogens is 268 g/mol. The molecule has 3 rings (SSSR count). The molecule has 2 bridgehead atoms. The summed E-state index contributed by atoms with van der Waals surface area (Å²) in [6.07, 6.45) is 2.66. The second-order valence-corrected chi connectivity index (χ2v) is 7.12. The number of halogens is 1. The Balaban J connectivity index is 1.72. The van der Waals surface area contributed by atoms with Crippen molar-refractivity contribution in [3.8, 4) is 0 Å². The summed E-state index contributed by atoms with van der Waals surface area (Å²) in [6.45, 7) is 8.46. The molecule has 2 aliphatic rings. The van der Waals surface area contributed by atoms with E-state index in [2.05, 4.69) is 36.2 Å². The van der Waals surface area contributed by atoms with E-state index < -0.39 is 0 Å². The lowest BCUT2D eigenvalue weighted by Gasteiger charge is -2.35. The van der Waals surface area contributed by atoms with E-state index in [1.54, 1.807) is 0 Å². The molecule has 4 atom stereocenters. The molecule has 1 N–H and O–H groups in total. The van der Waals surface area contributed by atoms with Gasteiger partial charge in [-0.05, 0) is 55.5 Å². The van der Waals surface area contributed by atoms with Crippen LogP contribution in [0.2, 0.25) is 5.02 Å². The van der Waals surface area contributed by atoms with Gasteiger partial charge in [0.15, 0.2) is 0 Å². The molecule has 2 saturated heterocycles. The first-order chi connectivity index (χ1) is 9.63. The molecule has 3 heteroatoms. The van der Waals surface area contributed by atoms with Gasteiger partial charge in [0.2, 0.25) is 0 Å². The van der Waals surface area contributed by atoms with E-state index in [0.29, 0.717) is 18.0 Å². The normalized spacial score (nSPS) is 30.7. The summed E-state index contributed by atoms with van der Waals surface area (Å²) < 4.78 is 0. The second-order valence-electron chi connectivity index (χ2n) is 6.68. The maximum Gasteiger partial charge on any atom is 0.0406 e. The summed E-state index contributed by atoms with van der Waals surface area (Å²) in [7, 11) is 0. The van der Waals surface area contributed by atoms with Gasteiger partial charge in [0, 0.05) is 23.7 Å². The molecule has 1 aromatic rings. The van der Waals surface area contributed by atoms with E-state index >= 15 is 0 Å². The molecule has 20 heavy (non-hydrogen) atoms. The third-order valence-electron chi connectivity index (χ3n) is 4.92. The van der Waals surface area contributed by atoms with E-state index in [1.165, 1.54) is 38.0 Å². The predicted octanol–water partition coefficient (Wildman–Crippen LogP) is 3.72. The quantitative estimate of drug-likeness (QED) is 0.910. The Labute approximate surface area is 127 Å². The Kier molecular flexibility index (Phi) is 4.34. The summed E-state index contributed by atoms with van der Waals surface area (Å²) in [4.78, 5) is 2.61. The van der Waals surface area contributed by atoms with Gasteiger partial charge in [-0.25, -0.2) is 0 Å². The van der Waals surface area contributed by atoms with Gasteiger partial charge < -0.3 is 10.2 Å². The maximum absolute atomic E-state index is 6.01. The first kappa shape index (κ1) is 14.4. The number of benzene rings is 1. The minimum atomic E-state index is 0.435. The number of hydrogen-bond acceptors (Lipinski definition) is 2. The van der Waals surface area contributed by atoms with Crippen molar-refractivity contribution >= 4 is 11.6 Å². The van der Waals surface area contributed by atoms with Crippen molar-refractivity contribution < 1.29 is 0 Å². The minimum Gasteiger partial charge on any atom is -0.307 e. The van der Waals surface area contributed by atoms with Gasteiger partial charge in [0.25, 0.3) is 0 Å². The van der Waals surface area contributed by atoms with Gasteiger partial charge in [-0.3, -0.25) is 0 Å². The van der Waals surface area contributed by atoms with Crippen LogP contribution in [0, 0.1) is 11.8 Å². The van der Waals surface area contributed by atoms with Crippen molar-refractivity contribution in [1.82, 2.24) is 10.2 Å². The van der Waals surface area contributed by atoms with Crippen molar-refractivity contribution in [2.75, 3.05) is 19.6 Å². The zero-order valence-corrected chi connectivity index (χ0v) is 13.2. The van der Waals surface area contributed by atoms with Crippen molar-refractivity contribution in [2.24, 2.45) is 11.8 Å². The van der Waals surface area contributed by atoms with E-state index in [1.807, 2.05) is 12.1 Å². The fraction of sp³-hybridized carbons (Fsp3) is 0.647. The van der Waals surface area contributed by atoms with Crippen molar-refractivity contribution in [3.05, 3.63) is 34.9 Å². The van der Waals surface area contributed by atoms with E-state index in [0.717, 1.165) is 10.9 Å². The van der Waals surface area contributed by atoms with Crippen LogP contribution in [0.1, 0.15) is 38.3 Å². The van der Waals surface area contributed by atoms with Gasteiger partial charge in [0.1, 0.15) is 0 Å². The highest BCUT2D eigenvalue weighted by Crippen LogP contribution is 2.31. The minimum absolute atomic E-state index is 0.435. The lowest BCUT2D eigenvalue weighted by atomic mass is 9.89. The summed E-state index contributed by atoms with van der Waals surface area (Å²) in [6, 6.07) is 9.47. The Hall–Kier alpha value is -0.570. The fourth-order valence-electron chi connectivity index (χ4n) is 3.75. The number of nitrogens with zero attached hydrogens (tertiary/aromatic N) is 1. The topological polar surface area (TPSA) is 15.3 Å². The largest absolute Gasteiger partial charge is 0.307 e. The first-order valence-electron chi connectivity index (χ1n) is 7.87. The molecular formula is C17H25ClN2. The van der Waals surface area contributed by atoms with Crippen LogP contribution in [0.5, 0.6) is 0 Å². The van der Waals surface area contributed by atoms with Crippen LogP contribution in [-0.4, -0.2) is 30.6 Å². The molecule has 0 amide bonds. The van der Waals surface area contributed by atoms with E-state index in [-0.39, 0.29) is 0 Å². The second kappa shape index (κ2) is 6.05. The van der Waals surface area contributed by atoms with Crippen LogP contribution in [-0.2, 0) is 0 Å². The Morgan fingerprint density at radius 2 is 1.85 bits per heavy atom. The lowest BCUT2D eigenvalue weighted by molar-refractivity contribution is 0.199. The highest BCUT2D eigenvalue weighted by molar-refractivity contribution is 6.30. The molecule has 1 aromatic carbocycles. The molecule has 2 fully saturated rings. The van der Waals surface area contributed by atoms with Crippen LogP contribution < -0.4 is 5.32 Å². The molecule has 0 saturated carbocycles. The molecule has 4 unspecified atom stereocenters. The molecule has 2 heterocycles. The summed E-state index contributed by atoms with van der Waals surface area (Å²) in [5.74, 6) is 1.44. The zero-order chi connectivity index (χ0) is 14.1. The van der Waals surface area contributed by atoms with Gasteiger partial charge in [-0.2, -0.15) is 0 Å². The molecule has 0 aromatic heterocycles. The summed E-state index contributed by atoms with van der Waals surface area (Å²) >= 11 is 6.01. The number of rotatable bonds is 4. The molecule has 2 aliphatic heterocycles. The third kappa shape index (κ3) is 3.03. The van der Waals surface area contributed by atoms with Crippen LogP contribution >= 0.6 is 11.6 Å². The van der Waals surface area contributed by atoms with Gasteiger partial charge in [-0.15, -0.1) is 0 Å². The number of piperidine rings is 1. The van der Waals surface area contributed by atoms with Crippen molar-refractivity contribution in [3.63, 3.8) is 0 Å². The Morgan fingerprint density at radius 1 is 1.15 bits per heavy atom. The summed E-state index contributed by atoms with van der Waals surface area (Å²) in [5.41, 5.74) is 1.37. The average molecular weight is 293 g/mol. The molecule has 0 aliphatic carbocycles. The highest BCUT2D eigenvalue weighted by Gasteiger charge is 2.35. The van der Waals surface area contributed by atoms with Gasteiger partial charge >= 0.3 is 0 Å². The van der Waals surface area contributed by atoms with Crippen LogP contribution in [0.4, 0.5) is 0 Å². The smallest absolute Gasteiger partial charge is 0.0406 e. The predicted molar refractivity (Wildman–Crippen MR) is 85.1 cm³/mol.